The summed E-state index contributed by atoms with van der Waals surface area (Å²) < 4.78 is 5.45. The van der Waals surface area contributed by atoms with Crippen LogP contribution in [-0.4, -0.2) is 17.8 Å². The van der Waals surface area contributed by atoms with Gasteiger partial charge in [-0.25, -0.2) is 0 Å². The molecule has 0 bridgehead atoms. The van der Waals surface area contributed by atoms with Gasteiger partial charge in [-0.3, -0.25) is 0 Å². The monoisotopic (exact) mass is 260 g/mol. The minimum atomic E-state index is -1.28. The van der Waals surface area contributed by atoms with Crippen molar-refractivity contribution in [3.05, 3.63) is 34.9 Å². The Labute approximate surface area is 109 Å². The highest BCUT2D eigenvalue weighted by Crippen LogP contribution is 2.12. The first-order chi connectivity index (χ1) is 7.92. The third kappa shape index (κ3) is 5.36. The van der Waals surface area contributed by atoms with Crippen molar-refractivity contribution in [2.24, 2.45) is 0 Å². The molecule has 0 fully saturated rings. The molecule has 0 unspecified atom stereocenters. The second kappa shape index (κ2) is 6.20. The number of benzene rings is 1. The van der Waals surface area contributed by atoms with Crippen molar-refractivity contribution in [3.63, 3.8) is 0 Å². The molecule has 17 heavy (non-hydrogen) atoms. The highest BCUT2D eigenvalue weighted by molar-refractivity contribution is 6.83. The summed E-state index contributed by atoms with van der Waals surface area (Å²) in [5, 5.41) is 0. The normalized spacial score (nSPS) is 10.9. The van der Waals surface area contributed by atoms with E-state index in [4.69, 9.17) is 4.43 Å². The molecule has 0 amide bonds. The summed E-state index contributed by atoms with van der Waals surface area (Å²) >= 11 is 0. The summed E-state index contributed by atoms with van der Waals surface area (Å²) in [7, 11) is -0.729. The molecule has 1 rings (SSSR count). The van der Waals surface area contributed by atoms with Crippen molar-refractivity contribution >= 4 is 17.8 Å². The van der Waals surface area contributed by atoms with E-state index in [-0.39, 0.29) is 0 Å². The molecule has 0 aromatic heterocycles. The highest BCUT2D eigenvalue weighted by Gasteiger charge is 2.07. The molecule has 0 saturated carbocycles. The zero-order valence-electron chi connectivity index (χ0n) is 11.3. The Bertz CT molecular complexity index is 436. The molecular formula is C14H20OSi2. The van der Waals surface area contributed by atoms with Gasteiger partial charge in [0.1, 0.15) is 8.07 Å². The van der Waals surface area contributed by atoms with Gasteiger partial charge >= 0.3 is 0 Å². The minimum absolute atomic E-state index is 0.547. The fraction of sp³-hybridized carbons (Fsp3) is 0.429. The van der Waals surface area contributed by atoms with Gasteiger partial charge in [0.15, 0.2) is 0 Å². The van der Waals surface area contributed by atoms with E-state index >= 15 is 0 Å². The molecule has 0 spiro atoms. The van der Waals surface area contributed by atoms with E-state index in [1.807, 2.05) is 6.55 Å². The Morgan fingerprint density at radius 2 is 2.00 bits per heavy atom. The van der Waals surface area contributed by atoms with E-state index in [2.05, 4.69) is 56.2 Å². The van der Waals surface area contributed by atoms with Crippen molar-refractivity contribution < 1.29 is 4.43 Å². The molecule has 0 N–H and O–H groups in total. The molecule has 0 aliphatic heterocycles. The average Bonchev–Trinajstić information content (AvgIpc) is 2.24. The number of hydrogen-bond acceptors (Lipinski definition) is 1. The van der Waals surface area contributed by atoms with Gasteiger partial charge in [0, 0.05) is 5.56 Å². The molecule has 3 heteroatoms. The van der Waals surface area contributed by atoms with Crippen LogP contribution in [0, 0.1) is 18.4 Å². The van der Waals surface area contributed by atoms with E-state index in [1.54, 1.807) is 0 Å². The van der Waals surface area contributed by atoms with Gasteiger partial charge in [-0.05, 0) is 36.7 Å². The van der Waals surface area contributed by atoms with Crippen LogP contribution in [0.25, 0.3) is 0 Å². The predicted molar refractivity (Wildman–Crippen MR) is 77.8 cm³/mol. The second-order valence-electron chi connectivity index (χ2n) is 5.13. The van der Waals surface area contributed by atoms with Crippen molar-refractivity contribution in [1.82, 2.24) is 0 Å². The lowest BCUT2D eigenvalue weighted by molar-refractivity contribution is 0.326. The van der Waals surface area contributed by atoms with Crippen molar-refractivity contribution in [2.75, 3.05) is 0 Å². The van der Waals surface area contributed by atoms with Crippen molar-refractivity contribution in [1.29, 1.82) is 0 Å². The summed E-state index contributed by atoms with van der Waals surface area (Å²) in [6.45, 7) is 11.7. The van der Waals surface area contributed by atoms with Crippen LogP contribution in [0.5, 0.6) is 0 Å². The van der Waals surface area contributed by atoms with E-state index in [0.29, 0.717) is 16.4 Å². The van der Waals surface area contributed by atoms with Crippen molar-refractivity contribution in [3.8, 4) is 11.5 Å². The molecule has 0 atom stereocenters. The Morgan fingerprint density at radius 3 is 2.53 bits per heavy atom. The van der Waals surface area contributed by atoms with E-state index < -0.39 is 8.07 Å². The van der Waals surface area contributed by atoms with Crippen LogP contribution < -0.4 is 0 Å². The lowest BCUT2D eigenvalue weighted by Crippen LogP contribution is -2.16. The van der Waals surface area contributed by atoms with Crippen molar-refractivity contribution in [2.45, 2.75) is 39.7 Å². The van der Waals surface area contributed by atoms with Crippen LogP contribution in [0.2, 0.25) is 26.2 Å². The first kappa shape index (κ1) is 14.2. The quantitative estimate of drug-likeness (QED) is 0.598. The topological polar surface area (TPSA) is 9.23 Å². The van der Waals surface area contributed by atoms with Gasteiger partial charge in [0.25, 0.3) is 0 Å². The minimum Gasteiger partial charge on any atom is -0.413 e. The molecule has 0 aliphatic rings. The number of hydrogen-bond donors (Lipinski definition) is 0. The standard InChI is InChI=1S/C14H20OSi2/c1-12-10-13(8-9-17(3,4)5)6-7-14(12)11-15-16-2/h6-7,10H,11H2,1-5H3. The van der Waals surface area contributed by atoms with Gasteiger partial charge in [-0.2, -0.15) is 0 Å². The Hall–Kier alpha value is -0.826. The van der Waals surface area contributed by atoms with Crippen LogP contribution in [-0.2, 0) is 11.0 Å². The summed E-state index contributed by atoms with van der Waals surface area (Å²) in [6, 6.07) is 6.38. The predicted octanol–water partition coefficient (Wildman–Crippen LogP) is 3.41. The lowest BCUT2D eigenvalue weighted by atomic mass is 10.1. The number of aryl methyl sites for hydroxylation is 1. The molecule has 0 heterocycles. The fourth-order valence-corrected chi connectivity index (χ4v) is 2.16. The fourth-order valence-electron chi connectivity index (χ4n) is 1.35. The van der Waals surface area contributed by atoms with E-state index in [1.165, 1.54) is 11.1 Å². The highest BCUT2D eigenvalue weighted by atomic mass is 28.3. The Kier molecular flexibility index (Phi) is 5.19. The zero-order valence-corrected chi connectivity index (χ0v) is 13.3. The zero-order chi connectivity index (χ0) is 12.9. The first-order valence-electron chi connectivity index (χ1n) is 5.83. The maximum Gasteiger partial charge on any atom is 0.226 e. The summed E-state index contributed by atoms with van der Waals surface area (Å²) in [6.07, 6.45) is 0. The molecule has 1 aromatic rings. The largest absolute Gasteiger partial charge is 0.413 e. The number of rotatable bonds is 3. The second-order valence-corrected chi connectivity index (χ2v) is 10.6. The van der Waals surface area contributed by atoms with Gasteiger partial charge in [-0.15, -0.1) is 5.54 Å². The van der Waals surface area contributed by atoms with Crippen LogP contribution in [0.4, 0.5) is 0 Å². The first-order valence-corrected chi connectivity index (χ1v) is 10.7. The average molecular weight is 260 g/mol. The van der Waals surface area contributed by atoms with Gasteiger partial charge in [0.05, 0.1) is 6.61 Å². The van der Waals surface area contributed by atoms with Crippen LogP contribution >= 0.6 is 0 Å². The summed E-state index contributed by atoms with van der Waals surface area (Å²) in [5.41, 5.74) is 7.04. The van der Waals surface area contributed by atoms with E-state index in [0.717, 1.165) is 5.56 Å². The van der Waals surface area contributed by atoms with Gasteiger partial charge in [0.2, 0.25) is 9.76 Å². The van der Waals surface area contributed by atoms with Gasteiger partial charge < -0.3 is 4.43 Å². The molecule has 1 aromatic carbocycles. The summed E-state index contributed by atoms with van der Waals surface area (Å²) in [4.78, 5) is 0. The van der Waals surface area contributed by atoms with Gasteiger partial charge in [-0.1, -0.05) is 31.6 Å². The molecule has 2 radical (unpaired) electrons. The van der Waals surface area contributed by atoms with Crippen LogP contribution in [0.1, 0.15) is 16.7 Å². The lowest BCUT2D eigenvalue weighted by Gasteiger charge is -2.07. The SMILES string of the molecule is C[Si]OCc1ccc(C#C[Si](C)(C)C)cc1C. The maximum atomic E-state index is 5.45. The van der Waals surface area contributed by atoms with E-state index in [9.17, 15) is 0 Å². The third-order valence-corrected chi connectivity index (χ3v) is 3.60. The molecular weight excluding hydrogens is 240 g/mol. The van der Waals surface area contributed by atoms with Crippen LogP contribution in [0.3, 0.4) is 0 Å². The van der Waals surface area contributed by atoms with Crippen LogP contribution in [0.15, 0.2) is 18.2 Å². The third-order valence-electron chi connectivity index (χ3n) is 2.30. The summed E-state index contributed by atoms with van der Waals surface area (Å²) in [5.74, 6) is 3.28. The smallest absolute Gasteiger partial charge is 0.226 e. The Balaban J connectivity index is 2.84. The molecule has 0 saturated heterocycles. The molecule has 90 valence electrons. The molecule has 0 aliphatic carbocycles. The molecule has 1 nitrogen and oxygen atoms in total. The Morgan fingerprint density at radius 1 is 1.29 bits per heavy atom. The maximum absolute atomic E-state index is 5.45.